The van der Waals surface area contributed by atoms with E-state index in [0.29, 0.717) is 24.8 Å². The van der Waals surface area contributed by atoms with Crippen molar-refractivity contribution in [3.63, 3.8) is 0 Å². The average Bonchev–Trinajstić information content (AvgIpc) is 3.24. The highest BCUT2D eigenvalue weighted by Crippen LogP contribution is 2.52. The van der Waals surface area contributed by atoms with Gasteiger partial charge >= 0.3 is 18.2 Å². The van der Waals surface area contributed by atoms with E-state index in [2.05, 4.69) is 11.4 Å². The summed E-state index contributed by atoms with van der Waals surface area (Å²) in [4.78, 5) is 60.8. The predicted molar refractivity (Wildman–Crippen MR) is 156 cm³/mol. The molecule has 5 aliphatic rings. The van der Waals surface area contributed by atoms with Gasteiger partial charge in [0.2, 0.25) is 11.8 Å². The van der Waals surface area contributed by atoms with E-state index < -0.39 is 53.4 Å². The summed E-state index contributed by atoms with van der Waals surface area (Å²) >= 11 is 0. The molecule has 1 aliphatic carbocycles. The third-order valence-corrected chi connectivity index (χ3v) is 8.85. The number of nitrogens with one attached hydrogen (secondary N) is 1. The maximum Gasteiger partial charge on any atom is 0.410 e. The minimum atomic E-state index is -0.977. The first-order valence-electron chi connectivity index (χ1n) is 15.4. The molecule has 236 valence electrons. The molecule has 6 rings (SSSR count). The summed E-state index contributed by atoms with van der Waals surface area (Å²) in [6.45, 7) is 5.55. The molecule has 1 aromatic carbocycles. The molecular weight excluding hydrogens is 571 g/mol. The van der Waals surface area contributed by atoms with Crippen molar-refractivity contribution in [2.24, 2.45) is 10.9 Å². The van der Waals surface area contributed by atoms with E-state index in [1.807, 2.05) is 6.08 Å². The highest BCUT2D eigenvalue weighted by atomic mass is 19.1. The van der Waals surface area contributed by atoms with Crippen LogP contribution in [0, 0.1) is 11.7 Å². The molecule has 1 saturated carbocycles. The second kappa shape index (κ2) is 11.5. The van der Waals surface area contributed by atoms with Crippen LogP contribution >= 0.6 is 0 Å². The Morgan fingerprint density at radius 1 is 1.16 bits per heavy atom. The molecule has 1 saturated heterocycles. The van der Waals surface area contributed by atoms with E-state index in [-0.39, 0.29) is 43.7 Å². The normalized spacial score (nSPS) is 30.6. The monoisotopic (exact) mass is 610 g/mol. The van der Waals surface area contributed by atoms with E-state index in [4.69, 9.17) is 19.2 Å². The summed E-state index contributed by atoms with van der Waals surface area (Å²) < 4.78 is 31.3. The number of carbonyl (C=O) groups excluding carboxylic acids is 4. The fourth-order valence-electron chi connectivity index (χ4n) is 6.50. The highest BCUT2D eigenvalue weighted by molar-refractivity contribution is 6.06. The number of aliphatic imine (C=N–C) groups is 1. The van der Waals surface area contributed by atoms with Gasteiger partial charge in [0.15, 0.2) is 5.54 Å². The van der Waals surface area contributed by atoms with Gasteiger partial charge in [0.25, 0.3) is 0 Å². The van der Waals surface area contributed by atoms with Gasteiger partial charge in [-0.15, -0.1) is 0 Å². The minimum absolute atomic E-state index is 0.0176. The van der Waals surface area contributed by atoms with Gasteiger partial charge in [-0.2, -0.15) is 0 Å². The number of esters is 1. The van der Waals surface area contributed by atoms with Crippen LogP contribution in [-0.2, 0) is 36.9 Å². The Balaban J connectivity index is 1.24. The van der Waals surface area contributed by atoms with E-state index >= 15 is 0 Å². The molecule has 3 amide bonds. The Labute approximate surface area is 255 Å². The maximum atomic E-state index is 14.3. The lowest BCUT2D eigenvalue weighted by molar-refractivity contribution is -0.138. The van der Waals surface area contributed by atoms with E-state index in [9.17, 15) is 23.6 Å². The zero-order valence-electron chi connectivity index (χ0n) is 25.3. The van der Waals surface area contributed by atoms with Crippen LogP contribution in [0.1, 0.15) is 76.8 Å². The molecule has 4 aliphatic heterocycles. The molecular formula is C32H39FN4O7. The molecule has 4 heterocycles. The lowest BCUT2D eigenvalue weighted by Gasteiger charge is -2.29. The van der Waals surface area contributed by atoms with Crippen LogP contribution in [-0.4, -0.2) is 75.6 Å². The summed E-state index contributed by atoms with van der Waals surface area (Å²) in [5.41, 5.74) is -0.553. The molecule has 2 bridgehead atoms. The zero-order valence-corrected chi connectivity index (χ0v) is 25.3. The summed E-state index contributed by atoms with van der Waals surface area (Å²) in [5.74, 6) is -1.14. The smallest absolute Gasteiger partial charge is 0.410 e. The molecule has 0 aromatic heterocycles. The first-order chi connectivity index (χ1) is 20.9. The highest BCUT2D eigenvalue weighted by Gasteiger charge is 2.65. The quantitative estimate of drug-likeness (QED) is 0.299. The first-order valence-corrected chi connectivity index (χ1v) is 15.4. The number of allylic oxidation sites excluding steroid dienone is 1. The van der Waals surface area contributed by atoms with Gasteiger partial charge in [-0.3, -0.25) is 9.69 Å². The van der Waals surface area contributed by atoms with Crippen molar-refractivity contribution in [3.05, 3.63) is 47.3 Å². The van der Waals surface area contributed by atoms with Gasteiger partial charge in [-0.1, -0.05) is 37.1 Å². The number of alkyl carbamates (subject to hydrolysis) is 1. The fourth-order valence-corrected chi connectivity index (χ4v) is 6.50. The molecule has 44 heavy (non-hydrogen) atoms. The first kappa shape index (κ1) is 30.1. The minimum Gasteiger partial charge on any atom is -0.444 e. The van der Waals surface area contributed by atoms with Crippen LogP contribution < -0.4 is 5.32 Å². The number of nitrogens with zero attached hydrogens (tertiary/aromatic N) is 3. The van der Waals surface area contributed by atoms with Crippen molar-refractivity contribution >= 4 is 30.0 Å². The number of amides is 3. The van der Waals surface area contributed by atoms with Crippen LogP contribution in [0.4, 0.5) is 14.0 Å². The van der Waals surface area contributed by atoms with Crippen molar-refractivity contribution in [2.75, 3.05) is 6.54 Å². The van der Waals surface area contributed by atoms with E-state index in [1.165, 1.54) is 15.9 Å². The molecule has 1 spiro atoms. The largest absolute Gasteiger partial charge is 0.444 e. The molecule has 0 radical (unpaired) electrons. The SMILES string of the molecule is CC(C)(C)OC(=O)N[C@H]1CCCCC/C=C\[C@@H]2CC23N=C(OC3=O)[C@@H]2C[C@@H](OC(=O)N3Cc4cccc(F)c4C3)CN2C1=O. The molecule has 1 aromatic rings. The second-order valence-electron chi connectivity index (χ2n) is 13.3. The number of halogens is 1. The summed E-state index contributed by atoms with van der Waals surface area (Å²) in [6.07, 6.45) is 6.40. The standard InChI is InChI=1S/C32H39FN4O7/c1-31(2,3)44-29(40)34-24-13-8-6-4-5-7-11-20-15-32(20)28(39)43-26(35-32)25-14-21(17-37(25)27(24)38)42-30(41)36-16-19-10-9-12-23(33)22(19)18-36/h7,9-12,20-21,24-25H,4-6,8,13-18H2,1-3H3,(H,34,40)/b11-7-/t20-,21-,24+,25+,32?/m1/s1. The Kier molecular flexibility index (Phi) is 7.87. The average molecular weight is 611 g/mol. The molecule has 11 nitrogen and oxygen atoms in total. The van der Waals surface area contributed by atoms with Crippen LogP contribution in [0.2, 0.25) is 0 Å². The summed E-state index contributed by atoms with van der Waals surface area (Å²) in [7, 11) is 0. The Bertz CT molecular complexity index is 1420. The number of benzene rings is 1. The van der Waals surface area contributed by atoms with Crippen LogP contribution in [0.5, 0.6) is 0 Å². The molecule has 1 N–H and O–H groups in total. The second-order valence-corrected chi connectivity index (χ2v) is 13.3. The lowest BCUT2D eigenvalue weighted by atomic mass is 10.0. The van der Waals surface area contributed by atoms with Crippen LogP contribution in [0.3, 0.4) is 0 Å². The molecule has 1 unspecified atom stereocenters. The van der Waals surface area contributed by atoms with Crippen molar-refractivity contribution in [2.45, 2.75) is 108 Å². The van der Waals surface area contributed by atoms with Gasteiger partial charge in [-0.05, 0) is 58.1 Å². The molecule has 5 atom stereocenters. The van der Waals surface area contributed by atoms with Gasteiger partial charge in [-0.25, -0.2) is 23.8 Å². The number of carbonyl (C=O) groups is 4. The Morgan fingerprint density at radius 2 is 1.98 bits per heavy atom. The number of hydrogen-bond acceptors (Lipinski definition) is 8. The number of rotatable bonds is 2. The Hall–Kier alpha value is -3.96. The van der Waals surface area contributed by atoms with Gasteiger partial charge in [0.05, 0.1) is 13.1 Å². The van der Waals surface area contributed by atoms with Gasteiger partial charge in [0, 0.05) is 24.4 Å². The van der Waals surface area contributed by atoms with Crippen molar-refractivity contribution in [1.29, 1.82) is 0 Å². The predicted octanol–water partition coefficient (Wildman–Crippen LogP) is 4.38. The topological polar surface area (TPSA) is 127 Å². The van der Waals surface area contributed by atoms with E-state index in [0.717, 1.165) is 24.8 Å². The third kappa shape index (κ3) is 6.03. The van der Waals surface area contributed by atoms with Gasteiger partial charge in [0.1, 0.15) is 29.6 Å². The molecule has 2 fully saturated rings. The van der Waals surface area contributed by atoms with Crippen molar-refractivity contribution in [3.8, 4) is 0 Å². The van der Waals surface area contributed by atoms with E-state index in [1.54, 1.807) is 32.9 Å². The van der Waals surface area contributed by atoms with Crippen molar-refractivity contribution in [1.82, 2.24) is 15.1 Å². The fraction of sp³-hybridized carbons (Fsp3) is 0.594. The maximum absolute atomic E-state index is 14.3. The summed E-state index contributed by atoms with van der Waals surface area (Å²) in [6, 6.07) is 3.07. The van der Waals surface area contributed by atoms with Crippen LogP contribution in [0.25, 0.3) is 0 Å². The van der Waals surface area contributed by atoms with Crippen LogP contribution in [0.15, 0.2) is 35.3 Å². The Morgan fingerprint density at radius 3 is 2.75 bits per heavy atom. The number of fused-ring (bicyclic) bond motifs is 3. The lowest BCUT2D eigenvalue weighted by Crippen LogP contribution is -2.52. The zero-order chi connectivity index (χ0) is 31.2. The third-order valence-electron chi connectivity index (χ3n) is 8.85. The van der Waals surface area contributed by atoms with Gasteiger partial charge < -0.3 is 24.4 Å². The van der Waals surface area contributed by atoms with Crippen molar-refractivity contribution < 1.29 is 37.8 Å². The summed E-state index contributed by atoms with van der Waals surface area (Å²) in [5, 5.41) is 2.75. The molecule has 12 heteroatoms. The number of hydrogen-bond donors (Lipinski definition) is 1. The number of ether oxygens (including phenoxy) is 3.